The van der Waals surface area contributed by atoms with E-state index in [-0.39, 0.29) is 17.9 Å². The largest absolute Gasteiger partial charge is 0.388 e. The Morgan fingerprint density at radius 2 is 2.08 bits per heavy atom. The second-order valence-electron chi connectivity index (χ2n) is 3.07. The molecular weight excluding hydrogens is 190 g/mol. The van der Waals surface area contributed by atoms with Crippen LogP contribution in [-0.2, 0) is 4.84 Å². The van der Waals surface area contributed by atoms with Crippen LogP contribution in [0, 0.1) is 0 Å². The van der Waals surface area contributed by atoms with Gasteiger partial charge in [-0.05, 0) is 38.9 Å². The highest BCUT2D eigenvalue weighted by molar-refractivity contribution is 5.85. The van der Waals surface area contributed by atoms with Gasteiger partial charge in [-0.25, -0.2) is 4.99 Å². The summed E-state index contributed by atoms with van der Waals surface area (Å²) in [5, 5.41) is 3.50. The second kappa shape index (κ2) is 8.05. The van der Waals surface area contributed by atoms with E-state index in [1.807, 2.05) is 20.8 Å². The van der Waals surface area contributed by atoms with E-state index < -0.39 is 0 Å². The molecule has 0 amide bonds. The molecule has 0 aromatic rings. The summed E-state index contributed by atoms with van der Waals surface area (Å²) in [6.07, 6.45) is 0.821. The van der Waals surface area contributed by atoms with Crippen molar-refractivity contribution in [3.05, 3.63) is 0 Å². The molecule has 78 valence electrons. The van der Waals surface area contributed by atoms with Crippen molar-refractivity contribution in [2.75, 3.05) is 13.2 Å². The molecule has 4 nitrogen and oxygen atoms in total. The van der Waals surface area contributed by atoms with Gasteiger partial charge >= 0.3 is 0 Å². The molecule has 2 N–H and O–H groups in total. The van der Waals surface area contributed by atoms with E-state index in [1.165, 1.54) is 0 Å². The number of hydrogen-bond donors (Lipinski definition) is 1. The fraction of sp³-hybridized carbons (Fsp3) is 0.875. The molecule has 0 aliphatic rings. The molecule has 0 aromatic heterocycles. The highest BCUT2D eigenvalue weighted by Crippen LogP contribution is 2.11. The minimum Gasteiger partial charge on any atom is -0.388 e. The predicted molar refractivity (Wildman–Crippen MR) is 56.5 cm³/mol. The summed E-state index contributed by atoms with van der Waals surface area (Å²) in [6.45, 7) is 6.98. The van der Waals surface area contributed by atoms with Crippen molar-refractivity contribution in [2.45, 2.75) is 32.7 Å². The third-order valence-electron chi connectivity index (χ3n) is 1.34. The molecule has 5 heteroatoms. The van der Waals surface area contributed by atoms with Gasteiger partial charge in [0.1, 0.15) is 12.6 Å². The van der Waals surface area contributed by atoms with Crippen LogP contribution in [-0.4, -0.2) is 24.7 Å². The van der Waals surface area contributed by atoms with Gasteiger partial charge in [0, 0.05) is 0 Å². The molecule has 0 aliphatic carbocycles. The number of nitrogens with two attached hydrogens (primary N) is 1. The molecule has 0 saturated heterocycles. The number of hydrogen-bond acceptors (Lipinski definition) is 4. The Labute approximate surface area is 85.6 Å². The van der Waals surface area contributed by atoms with Gasteiger partial charge in [0.25, 0.3) is 0 Å². The van der Waals surface area contributed by atoms with Gasteiger partial charge in [-0.2, -0.15) is 0 Å². The van der Waals surface area contributed by atoms with Crippen molar-refractivity contribution in [1.82, 2.24) is 0 Å². The summed E-state index contributed by atoms with van der Waals surface area (Å²) in [6, 6.07) is 2.48. The summed E-state index contributed by atoms with van der Waals surface area (Å²) in [7, 11) is 0. The van der Waals surface area contributed by atoms with Crippen molar-refractivity contribution < 1.29 is 4.84 Å². The second-order valence-corrected chi connectivity index (χ2v) is 3.07. The van der Waals surface area contributed by atoms with E-state index in [4.69, 9.17) is 10.6 Å². The standard InChI is InChI=1S/C8H17N3O.ClH/c1-4-12-11-7-10-8(2,3)5-6-9;/h4-6,9H2,1-3H3;1H. The Balaban J connectivity index is 0. The fourth-order valence-electron chi connectivity index (χ4n) is 0.658. The average Bonchev–Trinajstić information content (AvgIpc) is 1.98. The molecule has 13 heavy (non-hydrogen) atoms. The molecule has 0 saturated carbocycles. The zero-order valence-corrected chi connectivity index (χ0v) is 9.23. The molecule has 0 rings (SSSR count). The smallest absolute Gasteiger partial charge is 0.136 e. The SMILES string of the molecule is CCON=C=NC(C)(C)CCN.Cl. The summed E-state index contributed by atoms with van der Waals surface area (Å²) in [5.41, 5.74) is 5.21. The molecule has 0 atom stereocenters. The van der Waals surface area contributed by atoms with Gasteiger partial charge in [0.15, 0.2) is 0 Å². The van der Waals surface area contributed by atoms with Gasteiger partial charge in [-0.1, -0.05) is 0 Å². The first kappa shape index (κ1) is 14.9. The molecule has 0 aromatic carbocycles. The Kier molecular flexibility index (Phi) is 9.24. The summed E-state index contributed by atoms with van der Waals surface area (Å²) in [5.74, 6) is 0. The van der Waals surface area contributed by atoms with Crippen LogP contribution < -0.4 is 5.73 Å². The first-order valence-corrected chi connectivity index (χ1v) is 4.11. The lowest BCUT2D eigenvalue weighted by atomic mass is 10.0. The van der Waals surface area contributed by atoms with Gasteiger partial charge < -0.3 is 10.6 Å². The van der Waals surface area contributed by atoms with Gasteiger partial charge in [0.05, 0.1) is 5.54 Å². The summed E-state index contributed by atoms with van der Waals surface area (Å²) < 4.78 is 0. The van der Waals surface area contributed by atoms with Crippen LogP contribution >= 0.6 is 12.4 Å². The van der Waals surface area contributed by atoms with E-state index in [1.54, 1.807) is 0 Å². The fourth-order valence-corrected chi connectivity index (χ4v) is 0.658. The van der Waals surface area contributed by atoms with Crippen LogP contribution in [0.2, 0.25) is 0 Å². The van der Waals surface area contributed by atoms with E-state index in [0.29, 0.717) is 13.2 Å². The lowest BCUT2D eigenvalue weighted by Crippen LogP contribution is -2.21. The Morgan fingerprint density at radius 1 is 1.46 bits per heavy atom. The molecular formula is C8H18ClN3O. The molecule has 0 bridgehead atoms. The van der Waals surface area contributed by atoms with Crippen LogP contribution in [0.3, 0.4) is 0 Å². The van der Waals surface area contributed by atoms with Crippen molar-refractivity contribution in [1.29, 1.82) is 0 Å². The van der Waals surface area contributed by atoms with E-state index in [2.05, 4.69) is 16.2 Å². The number of rotatable bonds is 5. The summed E-state index contributed by atoms with van der Waals surface area (Å²) >= 11 is 0. The first-order chi connectivity index (χ1) is 5.62. The number of aliphatic imine (C=N–C) groups is 1. The van der Waals surface area contributed by atoms with Crippen molar-refractivity contribution >= 4 is 18.4 Å². The predicted octanol–water partition coefficient (Wildman–Crippen LogP) is 1.66. The van der Waals surface area contributed by atoms with Crippen LogP contribution in [0.4, 0.5) is 0 Å². The summed E-state index contributed by atoms with van der Waals surface area (Å²) in [4.78, 5) is 8.76. The van der Waals surface area contributed by atoms with Gasteiger partial charge in [-0.3, -0.25) is 0 Å². The Bertz CT molecular complexity index is 176. The highest BCUT2D eigenvalue weighted by atomic mass is 35.5. The quantitative estimate of drug-likeness (QED) is 0.551. The maximum Gasteiger partial charge on any atom is 0.136 e. The molecule has 0 fully saturated rings. The van der Waals surface area contributed by atoms with Gasteiger partial charge in [0.2, 0.25) is 0 Å². The zero-order chi connectivity index (χ0) is 9.45. The molecule has 0 spiro atoms. The van der Waals surface area contributed by atoms with E-state index in [0.717, 1.165) is 6.42 Å². The average molecular weight is 208 g/mol. The normalized spacial score (nSPS) is 9.54. The van der Waals surface area contributed by atoms with Crippen LogP contribution in [0.1, 0.15) is 27.2 Å². The van der Waals surface area contributed by atoms with Gasteiger partial charge in [-0.15, -0.1) is 12.4 Å². The number of halogens is 1. The van der Waals surface area contributed by atoms with Crippen LogP contribution in [0.15, 0.2) is 10.1 Å². The maximum atomic E-state index is 5.40. The minimum atomic E-state index is -0.185. The van der Waals surface area contributed by atoms with Crippen LogP contribution in [0.25, 0.3) is 0 Å². The molecule has 0 heterocycles. The highest BCUT2D eigenvalue weighted by Gasteiger charge is 2.13. The maximum absolute atomic E-state index is 5.40. The lowest BCUT2D eigenvalue weighted by molar-refractivity contribution is 0.160. The Morgan fingerprint density at radius 3 is 2.54 bits per heavy atom. The van der Waals surface area contributed by atoms with E-state index >= 15 is 0 Å². The zero-order valence-electron chi connectivity index (χ0n) is 8.41. The minimum absolute atomic E-state index is 0. The lowest BCUT2D eigenvalue weighted by Gasteiger charge is -2.15. The first-order valence-electron chi connectivity index (χ1n) is 4.11. The molecule has 0 radical (unpaired) electrons. The van der Waals surface area contributed by atoms with Crippen LogP contribution in [0.5, 0.6) is 0 Å². The van der Waals surface area contributed by atoms with Crippen molar-refractivity contribution in [3.8, 4) is 0 Å². The van der Waals surface area contributed by atoms with Crippen molar-refractivity contribution in [3.63, 3.8) is 0 Å². The Hall–Kier alpha value is -0.570. The molecule has 0 aliphatic heterocycles. The monoisotopic (exact) mass is 207 g/mol. The third-order valence-corrected chi connectivity index (χ3v) is 1.34. The third kappa shape index (κ3) is 9.34. The number of nitrogens with zero attached hydrogens (tertiary/aromatic N) is 2. The topological polar surface area (TPSA) is 60.0 Å². The van der Waals surface area contributed by atoms with E-state index in [9.17, 15) is 0 Å². The van der Waals surface area contributed by atoms with Crippen molar-refractivity contribution in [2.24, 2.45) is 15.9 Å². The molecule has 0 unspecified atom stereocenters.